The summed E-state index contributed by atoms with van der Waals surface area (Å²) in [4.78, 5) is 0. The Morgan fingerprint density at radius 2 is 1.13 bits per heavy atom. The second-order valence-electron chi connectivity index (χ2n) is 3.45. The third-order valence-corrected chi connectivity index (χ3v) is 2.66. The molecule has 1 aromatic carbocycles. The molecule has 0 aromatic heterocycles. The molecule has 0 unspecified atom stereocenters. The van der Waals surface area contributed by atoms with Crippen LogP contribution in [-0.2, 0) is 4.74 Å². The predicted octanol–water partition coefficient (Wildman–Crippen LogP) is 2.93. The smallest absolute Gasteiger partial charge is 0.197 e. The van der Waals surface area contributed by atoms with E-state index in [0.717, 1.165) is 0 Å². The minimum absolute atomic E-state index is 0.223. The van der Waals surface area contributed by atoms with Gasteiger partial charge in [-0.1, -0.05) is 12.2 Å². The quantitative estimate of drug-likeness (QED) is 0.280. The largest absolute Gasteiger partial charge is 0.357 e. The molecular formula is C10H4F4O. The molecule has 2 bridgehead atoms. The Morgan fingerprint density at radius 3 is 1.53 bits per heavy atom. The van der Waals surface area contributed by atoms with Crippen molar-refractivity contribution in [3.8, 4) is 0 Å². The molecule has 1 aromatic rings. The summed E-state index contributed by atoms with van der Waals surface area (Å²) in [5.74, 6) is -6.28. The molecule has 3 rings (SSSR count). The molecule has 0 radical (unpaired) electrons. The second-order valence-corrected chi connectivity index (χ2v) is 3.45. The Bertz CT molecular complexity index is 452. The van der Waals surface area contributed by atoms with Crippen LogP contribution in [0.2, 0.25) is 0 Å². The molecule has 0 saturated heterocycles. The van der Waals surface area contributed by atoms with Crippen LogP contribution in [0.15, 0.2) is 12.2 Å². The first-order valence-corrected chi connectivity index (χ1v) is 4.30. The fourth-order valence-corrected chi connectivity index (χ4v) is 2.00. The van der Waals surface area contributed by atoms with Crippen molar-refractivity contribution < 1.29 is 22.3 Å². The van der Waals surface area contributed by atoms with Crippen LogP contribution in [0.25, 0.3) is 0 Å². The van der Waals surface area contributed by atoms with Crippen LogP contribution in [0.1, 0.15) is 23.3 Å². The number of rotatable bonds is 0. The Morgan fingerprint density at radius 1 is 0.733 bits per heavy atom. The summed E-state index contributed by atoms with van der Waals surface area (Å²) in [6.07, 6.45) is 1.39. The van der Waals surface area contributed by atoms with Gasteiger partial charge in [-0.25, -0.2) is 17.6 Å². The summed E-state index contributed by atoms with van der Waals surface area (Å²) in [6, 6.07) is 0. The molecular weight excluding hydrogens is 212 g/mol. The molecule has 2 atom stereocenters. The van der Waals surface area contributed by atoms with Gasteiger partial charge in [-0.3, -0.25) is 0 Å². The summed E-state index contributed by atoms with van der Waals surface area (Å²) >= 11 is 0. The van der Waals surface area contributed by atoms with Crippen molar-refractivity contribution in [3.63, 3.8) is 0 Å². The van der Waals surface area contributed by atoms with Gasteiger partial charge in [0.1, 0.15) is 12.2 Å². The van der Waals surface area contributed by atoms with Crippen LogP contribution in [0.5, 0.6) is 0 Å². The van der Waals surface area contributed by atoms with Gasteiger partial charge in [-0.2, -0.15) is 0 Å². The van der Waals surface area contributed by atoms with Gasteiger partial charge in [0.15, 0.2) is 23.3 Å². The SMILES string of the molecule is Fc1c(F)c(F)c2c(c1F)[C@@H]1C=C[C@H]2O1. The van der Waals surface area contributed by atoms with Crippen LogP contribution in [0, 0.1) is 23.3 Å². The summed E-state index contributed by atoms with van der Waals surface area (Å²) in [5.41, 5.74) is -0.446. The minimum atomic E-state index is -1.78. The molecule has 0 fully saturated rings. The molecule has 0 spiro atoms. The third kappa shape index (κ3) is 0.911. The van der Waals surface area contributed by atoms with E-state index in [-0.39, 0.29) is 11.1 Å². The van der Waals surface area contributed by atoms with E-state index >= 15 is 0 Å². The number of benzene rings is 1. The van der Waals surface area contributed by atoms with Crippen molar-refractivity contribution in [1.29, 1.82) is 0 Å². The molecule has 1 nitrogen and oxygen atoms in total. The topological polar surface area (TPSA) is 9.23 Å². The summed E-state index contributed by atoms with van der Waals surface area (Å²) in [7, 11) is 0. The lowest BCUT2D eigenvalue weighted by atomic mass is 9.95. The average molecular weight is 216 g/mol. The minimum Gasteiger partial charge on any atom is -0.357 e. The average Bonchev–Trinajstić information content (AvgIpc) is 2.82. The Kier molecular flexibility index (Phi) is 1.55. The van der Waals surface area contributed by atoms with Crippen molar-refractivity contribution in [2.45, 2.75) is 12.2 Å². The maximum Gasteiger partial charge on any atom is 0.197 e. The molecule has 0 saturated carbocycles. The number of fused-ring (bicyclic) bond motifs is 5. The van der Waals surface area contributed by atoms with Gasteiger partial charge in [0, 0.05) is 11.1 Å². The zero-order chi connectivity index (χ0) is 10.7. The van der Waals surface area contributed by atoms with Crippen LogP contribution < -0.4 is 0 Å². The highest BCUT2D eigenvalue weighted by atomic mass is 19.2. The molecule has 0 amide bonds. The highest BCUT2D eigenvalue weighted by Gasteiger charge is 2.41. The number of hydrogen-bond acceptors (Lipinski definition) is 1. The van der Waals surface area contributed by atoms with Gasteiger partial charge in [0.25, 0.3) is 0 Å². The van der Waals surface area contributed by atoms with E-state index in [0.29, 0.717) is 0 Å². The Labute approximate surface area is 82.0 Å². The number of ether oxygens (including phenoxy) is 1. The molecule has 2 aliphatic heterocycles. The fourth-order valence-electron chi connectivity index (χ4n) is 2.00. The second kappa shape index (κ2) is 2.61. The van der Waals surface area contributed by atoms with Gasteiger partial charge >= 0.3 is 0 Å². The maximum absolute atomic E-state index is 13.3. The highest BCUT2D eigenvalue weighted by molar-refractivity contribution is 5.45. The van der Waals surface area contributed by atoms with E-state index in [9.17, 15) is 17.6 Å². The summed E-state index contributed by atoms with van der Waals surface area (Å²) in [6.45, 7) is 0. The van der Waals surface area contributed by atoms with E-state index in [1.54, 1.807) is 0 Å². The zero-order valence-electron chi connectivity index (χ0n) is 7.23. The van der Waals surface area contributed by atoms with Gasteiger partial charge in [0.2, 0.25) is 0 Å². The lowest BCUT2D eigenvalue weighted by molar-refractivity contribution is 0.0854. The molecule has 2 heterocycles. The molecule has 0 aliphatic carbocycles. The first kappa shape index (κ1) is 8.91. The first-order chi connectivity index (χ1) is 7.11. The number of halogens is 4. The summed E-state index contributed by atoms with van der Waals surface area (Å²) < 4.78 is 57.5. The molecule has 0 N–H and O–H groups in total. The van der Waals surface area contributed by atoms with E-state index in [2.05, 4.69) is 0 Å². The van der Waals surface area contributed by atoms with E-state index in [1.807, 2.05) is 0 Å². The van der Waals surface area contributed by atoms with Crippen LogP contribution in [0.3, 0.4) is 0 Å². The normalized spacial score (nSPS) is 26.1. The van der Waals surface area contributed by atoms with Crippen molar-refractivity contribution in [2.75, 3.05) is 0 Å². The van der Waals surface area contributed by atoms with Crippen molar-refractivity contribution in [1.82, 2.24) is 0 Å². The van der Waals surface area contributed by atoms with Crippen LogP contribution in [-0.4, -0.2) is 0 Å². The van der Waals surface area contributed by atoms with E-state index in [4.69, 9.17) is 4.74 Å². The van der Waals surface area contributed by atoms with Crippen LogP contribution >= 0.6 is 0 Å². The molecule has 2 aliphatic rings. The van der Waals surface area contributed by atoms with E-state index in [1.165, 1.54) is 12.2 Å². The lowest BCUT2D eigenvalue weighted by Gasteiger charge is -2.10. The Balaban J connectivity index is 2.38. The maximum atomic E-state index is 13.3. The van der Waals surface area contributed by atoms with Gasteiger partial charge < -0.3 is 4.74 Å². The monoisotopic (exact) mass is 216 g/mol. The fraction of sp³-hybridized carbons (Fsp3) is 0.200. The van der Waals surface area contributed by atoms with Gasteiger partial charge in [-0.15, -0.1) is 0 Å². The van der Waals surface area contributed by atoms with Crippen LogP contribution in [0.4, 0.5) is 17.6 Å². The lowest BCUT2D eigenvalue weighted by Crippen LogP contribution is -2.07. The van der Waals surface area contributed by atoms with Gasteiger partial charge in [0.05, 0.1) is 0 Å². The van der Waals surface area contributed by atoms with Crippen molar-refractivity contribution in [3.05, 3.63) is 46.5 Å². The van der Waals surface area contributed by atoms with E-state index < -0.39 is 35.5 Å². The summed E-state index contributed by atoms with van der Waals surface area (Å²) in [5, 5.41) is 0. The van der Waals surface area contributed by atoms with Gasteiger partial charge in [-0.05, 0) is 0 Å². The van der Waals surface area contributed by atoms with Crippen molar-refractivity contribution >= 4 is 0 Å². The standard InChI is InChI=1S/C10H4F4O/c11-7-5-3-1-2-4(15-3)6(5)8(12)10(14)9(7)13/h1-4H/t3-,4+. The Hall–Kier alpha value is -1.36. The molecule has 15 heavy (non-hydrogen) atoms. The predicted molar refractivity (Wildman–Crippen MR) is 42.0 cm³/mol. The van der Waals surface area contributed by atoms with Crippen molar-refractivity contribution in [2.24, 2.45) is 0 Å². The first-order valence-electron chi connectivity index (χ1n) is 4.30. The zero-order valence-corrected chi connectivity index (χ0v) is 7.23. The highest BCUT2D eigenvalue weighted by Crippen LogP contribution is 2.48. The molecule has 5 heteroatoms. The molecule has 78 valence electrons. The third-order valence-electron chi connectivity index (χ3n) is 2.66. The number of hydrogen-bond donors (Lipinski definition) is 0.